The normalized spacial score (nSPS) is 12.3. The average molecular weight is 1870 g/mol. The van der Waals surface area contributed by atoms with Gasteiger partial charge in [-0.3, -0.25) is 15.0 Å². The molecule has 0 N–H and O–H groups in total. The van der Waals surface area contributed by atoms with E-state index in [0.29, 0.717) is 34.2 Å². The monoisotopic (exact) mass is 1860 g/mol. The van der Waals surface area contributed by atoms with E-state index in [-0.39, 0.29) is 0 Å². The van der Waals surface area contributed by atoms with Gasteiger partial charge in [-0.15, -0.1) is 0 Å². The molecule has 32 rings (SSSR count). The van der Waals surface area contributed by atoms with Gasteiger partial charge in [0, 0.05) is 152 Å². The van der Waals surface area contributed by atoms with Crippen molar-refractivity contribution in [3.63, 3.8) is 0 Å². The molecule has 9 aromatic heterocycles. The Morgan fingerprint density at radius 1 is 0.192 bits per heavy atom. The zero-order valence-electron chi connectivity index (χ0n) is 78.0. The number of furan rings is 3. The maximum absolute atomic E-state index is 6.44. The third-order valence-corrected chi connectivity index (χ3v) is 29.2. The predicted molar refractivity (Wildman–Crippen MR) is 595 cm³/mol. The molecular weight excluding hydrogens is 1790 g/mol. The van der Waals surface area contributed by atoms with Crippen LogP contribution in [0.4, 0.5) is 51.2 Å². The zero-order chi connectivity index (χ0) is 95.7. The Morgan fingerprint density at radius 2 is 0.548 bits per heavy atom. The molecule has 0 amide bonds. The van der Waals surface area contributed by atoms with Crippen LogP contribution in [-0.2, 0) is 0 Å². The van der Waals surface area contributed by atoms with Crippen molar-refractivity contribution in [3.05, 3.63) is 462 Å². The fourth-order valence-corrected chi connectivity index (χ4v) is 22.6. The van der Waals surface area contributed by atoms with Crippen molar-refractivity contribution < 1.29 is 13.3 Å². The summed E-state index contributed by atoms with van der Waals surface area (Å²) in [4.78, 5) is 51.2. The zero-order valence-corrected chi connectivity index (χ0v) is 78.0. The van der Waals surface area contributed by atoms with Crippen LogP contribution < -0.4 is 14.7 Å². The highest BCUT2D eigenvalue weighted by Crippen LogP contribution is 2.59. The van der Waals surface area contributed by atoms with Gasteiger partial charge in [0.15, 0.2) is 34.2 Å². The second-order valence-electron chi connectivity index (χ2n) is 37.3. The number of rotatable bonds is 9. The van der Waals surface area contributed by atoms with Crippen LogP contribution in [0.25, 0.3) is 254 Å². The summed E-state index contributed by atoms with van der Waals surface area (Å²) in [6, 6.07) is 152. The SMILES string of the molecule is c1ccc2c3c(ccc2c1)-c1cccc2cccc(c12)N3c1ccc(-c2nc(-c3cccc4cccnc34)c3oc4ccccc4c3n2)cc1.c1ccc2c3c(ccc2c1)-c1cccc2cccc(c12)N3c1ccc2cc(-c3nc(-c4ccncc4)c4oc5ccccc5c4n3)ccc2c1.c1cncc(-c2nc(-c3ccc(N4c5c(ccc6ccccc56)-c5cccc6cccc4c56)cc3)nc3c2oc2ccccc23)c1. The van der Waals surface area contributed by atoms with Crippen LogP contribution in [0.5, 0.6) is 0 Å². The van der Waals surface area contributed by atoms with Crippen molar-refractivity contribution in [2.45, 2.75) is 0 Å². The van der Waals surface area contributed by atoms with Crippen LogP contribution in [-0.4, -0.2) is 44.9 Å². The first-order chi connectivity index (χ1) is 72.4. The van der Waals surface area contributed by atoms with Crippen LogP contribution in [0.15, 0.2) is 475 Å². The number of anilines is 9. The molecule has 3 aliphatic rings. The first-order valence-corrected chi connectivity index (χ1v) is 48.9. The lowest BCUT2D eigenvalue weighted by atomic mass is 9.88. The fourth-order valence-electron chi connectivity index (χ4n) is 22.6. The van der Waals surface area contributed by atoms with E-state index in [4.69, 9.17) is 48.1 Å². The summed E-state index contributed by atoms with van der Waals surface area (Å²) >= 11 is 0. The summed E-state index contributed by atoms with van der Waals surface area (Å²) in [5, 5.41) is 21.0. The smallest absolute Gasteiger partial charge is 0.180 e. The summed E-state index contributed by atoms with van der Waals surface area (Å²) < 4.78 is 19.0. The highest BCUT2D eigenvalue weighted by Gasteiger charge is 2.34. The van der Waals surface area contributed by atoms with E-state index >= 15 is 0 Å². The molecule has 20 aromatic carbocycles. The molecule has 15 heteroatoms. The molecule has 0 unspecified atom stereocenters. The topological polar surface area (TPSA) is 165 Å². The molecule has 0 aliphatic carbocycles. The number of benzene rings is 20. The summed E-state index contributed by atoms with van der Waals surface area (Å²) in [5.74, 6) is 1.93. The molecule has 0 bridgehead atoms. The second kappa shape index (κ2) is 32.8. The van der Waals surface area contributed by atoms with Gasteiger partial charge in [-0.05, 0) is 211 Å². The number of pyridine rings is 3. The fraction of sp³-hybridized carbons (Fsp3) is 0. The van der Waals surface area contributed by atoms with Crippen molar-refractivity contribution >= 4 is 204 Å². The number of aromatic nitrogens is 9. The summed E-state index contributed by atoms with van der Waals surface area (Å²) in [6.45, 7) is 0. The van der Waals surface area contributed by atoms with Crippen LogP contribution in [0, 0.1) is 0 Å². The van der Waals surface area contributed by atoms with Crippen molar-refractivity contribution in [1.29, 1.82) is 0 Å². The number of fused-ring (bicyclic) bond motifs is 23. The Morgan fingerprint density at radius 3 is 1.02 bits per heavy atom. The number of nitrogens with zero attached hydrogens (tertiary/aromatic N) is 12. The predicted octanol–water partition coefficient (Wildman–Crippen LogP) is 34.9. The number of para-hydroxylation sites is 4. The highest BCUT2D eigenvalue weighted by atomic mass is 16.3. The first-order valence-electron chi connectivity index (χ1n) is 48.9. The molecule has 12 heterocycles. The van der Waals surface area contributed by atoms with Gasteiger partial charge in [0.05, 0.1) is 39.6 Å². The van der Waals surface area contributed by atoms with E-state index in [2.05, 4.69) is 358 Å². The van der Waals surface area contributed by atoms with E-state index < -0.39 is 0 Å². The molecule has 678 valence electrons. The molecule has 146 heavy (non-hydrogen) atoms. The highest BCUT2D eigenvalue weighted by molar-refractivity contribution is 6.24. The Hall–Kier alpha value is -20.0. The van der Waals surface area contributed by atoms with Crippen LogP contribution in [0.3, 0.4) is 0 Å². The Balaban J connectivity index is 0.000000102. The van der Waals surface area contributed by atoms with Crippen LogP contribution in [0.1, 0.15) is 0 Å². The minimum atomic E-state index is 0.635. The molecular formula is C131H76N12O3. The Bertz CT molecular complexity index is 10500. The molecule has 0 atom stereocenters. The molecule has 0 saturated heterocycles. The quantitative estimate of drug-likeness (QED) is 0.134. The average Bonchev–Trinajstić information content (AvgIpc) is 0.794. The molecule has 29 aromatic rings. The number of hydrogen-bond acceptors (Lipinski definition) is 15. The molecule has 0 fully saturated rings. The van der Waals surface area contributed by atoms with Gasteiger partial charge < -0.3 is 28.0 Å². The van der Waals surface area contributed by atoms with E-state index in [1.54, 1.807) is 18.6 Å². The van der Waals surface area contributed by atoms with Gasteiger partial charge in [0.1, 0.15) is 50.4 Å². The van der Waals surface area contributed by atoms with E-state index in [1.165, 1.54) is 132 Å². The van der Waals surface area contributed by atoms with Gasteiger partial charge in [0.2, 0.25) is 0 Å². The van der Waals surface area contributed by atoms with Gasteiger partial charge in [-0.1, -0.05) is 279 Å². The maximum atomic E-state index is 6.44. The second-order valence-corrected chi connectivity index (χ2v) is 37.3. The minimum absolute atomic E-state index is 0.635. The summed E-state index contributed by atoms with van der Waals surface area (Å²) in [5.41, 5.74) is 33.3. The minimum Gasteiger partial charge on any atom is -0.452 e. The summed E-state index contributed by atoms with van der Waals surface area (Å²) in [6.07, 6.45) is 8.96. The number of hydrogen-bond donors (Lipinski definition) is 0. The lowest BCUT2D eigenvalue weighted by molar-refractivity contribution is 0.667. The molecule has 0 saturated carbocycles. The van der Waals surface area contributed by atoms with Crippen LogP contribution >= 0.6 is 0 Å². The van der Waals surface area contributed by atoms with Crippen molar-refractivity contribution in [3.8, 4) is 101 Å². The third kappa shape index (κ3) is 13.0. The van der Waals surface area contributed by atoms with Gasteiger partial charge >= 0.3 is 0 Å². The van der Waals surface area contributed by atoms with Gasteiger partial charge in [-0.25, -0.2) is 29.9 Å². The Kier molecular flexibility index (Phi) is 18.4. The largest absolute Gasteiger partial charge is 0.452 e. The standard InChI is InChI=1S/2C45H26N4O.C41H24N4O/c1-2-14-32-27(9-1)22-25-34-33-16-5-10-28-11-7-18-37(39(28)33)49(43(32)34)31-23-20-30(21-24-31)45-47-41-35-15-3-4-19-38(35)50-44(41)42(48-45)36-17-6-12-29-13-8-26-46-40(29)36;1-2-10-34-27(7-1)18-20-36-35-12-5-8-28-9-6-13-38(40(28)35)49(43(34)36)33-19-17-30-25-32(16-15-31(30)26-33)45-47-41(29-21-23-46-24-22-29)44-42(48-45)37-11-3-4-14-39(37)50-44;1-2-12-30-25(8-1)19-22-32-31-14-5-9-26-10-6-15-34(36(26)31)45(39(30)32)29-20-17-27(18-21-29)41-43-37(28-11-7-23-42-24-28)40-38(44-41)33-13-3-4-16-35(33)46-40/h2*1-26H;1-24H. The van der Waals surface area contributed by atoms with Gasteiger partial charge in [-0.2, -0.15) is 0 Å². The van der Waals surface area contributed by atoms with E-state index in [0.717, 1.165) is 139 Å². The Labute approximate surface area is 833 Å². The molecule has 0 spiro atoms. The summed E-state index contributed by atoms with van der Waals surface area (Å²) in [7, 11) is 0. The van der Waals surface area contributed by atoms with Crippen LogP contribution in [0.2, 0.25) is 0 Å². The van der Waals surface area contributed by atoms with Crippen molar-refractivity contribution in [1.82, 2.24) is 44.9 Å². The van der Waals surface area contributed by atoms with E-state index in [1.807, 2.05) is 109 Å². The van der Waals surface area contributed by atoms with E-state index in [9.17, 15) is 0 Å². The van der Waals surface area contributed by atoms with Gasteiger partial charge in [0.25, 0.3) is 0 Å². The van der Waals surface area contributed by atoms with Crippen molar-refractivity contribution in [2.24, 2.45) is 0 Å². The third-order valence-electron chi connectivity index (χ3n) is 29.2. The lowest BCUT2D eigenvalue weighted by Crippen LogP contribution is -2.15. The maximum Gasteiger partial charge on any atom is 0.180 e. The first kappa shape index (κ1) is 81.9. The molecule has 0 radical (unpaired) electrons. The molecule has 3 aliphatic heterocycles. The lowest BCUT2D eigenvalue weighted by Gasteiger charge is -2.34. The molecule has 15 nitrogen and oxygen atoms in total. The van der Waals surface area contributed by atoms with Crippen molar-refractivity contribution in [2.75, 3.05) is 14.7 Å².